The molecule has 1 saturated heterocycles. The molecule has 0 aliphatic carbocycles. The van der Waals surface area contributed by atoms with Crippen molar-refractivity contribution in [2.75, 3.05) is 6.61 Å². The molecular weight excluding hydrogens is 344 g/mol. The Hall–Kier alpha value is -2.45. The van der Waals surface area contributed by atoms with E-state index >= 15 is 0 Å². The van der Waals surface area contributed by atoms with E-state index in [1.807, 2.05) is 0 Å². The number of nitrogens with zero attached hydrogens (tertiary/aromatic N) is 1. The lowest BCUT2D eigenvalue weighted by Gasteiger charge is -2.44. The lowest BCUT2D eigenvalue weighted by atomic mass is 9.83. The minimum absolute atomic E-state index is 0.0269. The van der Waals surface area contributed by atoms with Crippen molar-refractivity contribution in [3.8, 4) is 0 Å². The van der Waals surface area contributed by atoms with Gasteiger partial charge < -0.3 is 20.5 Å². The number of aliphatic hydroxyl groups excluding tert-OH is 1. The fourth-order valence-electron chi connectivity index (χ4n) is 3.31. The third-order valence-electron chi connectivity index (χ3n) is 4.40. The van der Waals surface area contributed by atoms with Gasteiger partial charge in [0, 0.05) is 10.5 Å². The summed E-state index contributed by atoms with van der Waals surface area (Å²) in [6, 6.07) is 3.01. The number of rotatable bonds is 6. The number of nitrogens with two attached hydrogens (primary N) is 1. The summed E-state index contributed by atoms with van der Waals surface area (Å²) in [5, 5.41) is 9.84. The molecule has 132 valence electrons. The molecule has 1 aromatic heterocycles. The lowest BCUT2D eigenvalue weighted by Crippen LogP contribution is -2.61. The van der Waals surface area contributed by atoms with Gasteiger partial charge in [0.1, 0.15) is 12.3 Å². The van der Waals surface area contributed by atoms with E-state index in [1.165, 1.54) is 22.3 Å². The van der Waals surface area contributed by atoms with E-state index in [1.54, 1.807) is 19.1 Å². The Balaban J connectivity index is 2.00. The van der Waals surface area contributed by atoms with Crippen LogP contribution in [0.15, 0.2) is 30.5 Å². The number of hydrogen-bond donors (Lipinski definition) is 2. The number of β-lactam (4-membered cyclic amide) rings is 1. The maximum atomic E-state index is 12.5. The van der Waals surface area contributed by atoms with Gasteiger partial charge in [0.15, 0.2) is 0 Å². The number of aliphatic hydroxyl groups is 1. The number of esters is 1. The molecule has 1 aromatic rings. The molecule has 2 aliphatic rings. The van der Waals surface area contributed by atoms with E-state index in [-0.39, 0.29) is 24.3 Å². The Kier molecular flexibility index (Phi) is 4.49. The van der Waals surface area contributed by atoms with E-state index in [9.17, 15) is 19.5 Å². The molecule has 0 saturated carbocycles. The van der Waals surface area contributed by atoms with Gasteiger partial charge in [-0.25, -0.2) is 4.79 Å². The smallest absolute Gasteiger partial charge is 0.355 e. The first-order valence-electron chi connectivity index (χ1n) is 7.79. The molecule has 0 radical (unpaired) electrons. The number of carbonyl (C=O) groups is 3. The Morgan fingerprint density at radius 1 is 1.56 bits per heavy atom. The van der Waals surface area contributed by atoms with Gasteiger partial charge in [-0.2, -0.15) is 0 Å². The van der Waals surface area contributed by atoms with Crippen molar-refractivity contribution in [1.29, 1.82) is 0 Å². The second-order valence-corrected chi connectivity index (χ2v) is 7.07. The molecule has 2 amide bonds. The Labute approximate surface area is 148 Å². The quantitative estimate of drug-likeness (QED) is 0.444. The lowest BCUT2D eigenvalue weighted by molar-refractivity contribution is -0.162. The second-order valence-electron chi connectivity index (χ2n) is 5.99. The van der Waals surface area contributed by atoms with Gasteiger partial charge in [-0.1, -0.05) is 12.7 Å². The van der Waals surface area contributed by atoms with Crippen molar-refractivity contribution in [1.82, 2.24) is 4.90 Å². The predicted molar refractivity (Wildman–Crippen MR) is 91.3 cm³/mol. The molecule has 0 spiro atoms. The topological polar surface area (TPSA) is 110 Å². The van der Waals surface area contributed by atoms with Crippen LogP contribution in [0.3, 0.4) is 0 Å². The van der Waals surface area contributed by atoms with E-state index in [0.717, 1.165) is 0 Å². The van der Waals surface area contributed by atoms with Crippen LogP contribution in [0.4, 0.5) is 0 Å². The summed E-state index contributed by atoms with van der Waals surface area (Å²) >= 11 is 1.17. The van der Waals surface area contributed by atoms with Crippen LogP contribution in [0.2, 0.25) is 0 Å². The Morgan fingerprint density at radius 2 is 2.28 bits per heavy atom. The largest absolute Gasteiger partial charge is 0.457 e. The summed E-state index contributed by atoms with van der Waals surface area (Å²) in [6.07, 6.45) is 1.05. The van der Waals surface area contributed by atoms with Gasteiger partial charge in [-0.15, -0.1) is 11.3 Å². The van der Waals surface area contributed by atoms with Crippen LogP contribution in [0.25, 0.3) is 5.57 Å². The molecule has 2 aliphatic heterocycles. The minimum Gasteiger partial charge on any atom is -0.457 e. The third-order valence-corrected chi connectivity index (χ3v) is 5.56. The molecule has 0 unspecified atom stereocenters. The maximum absolute atomic E-state index is 12.5. The number of fused-ring (bicyclic) bond motifs is 1. The third kappa shape index (κ3) is 2.77. The molecule has 0 bridgehead atoms. The van der Waals surface area contributed by atoms with Crippen molar-refractivity contribution in [3.63, 3.8) is 0 Å². The fraction of sp³-hybridized carbons (Fsp3) is 0.353. The first kappa shape index (κ1) is 17.4. The molecule has 25 heavy (non-hydrogen) atoms. The highest BCUT2D eigenvalue weighted by molar-refractivity contribution is 7.15. The van der Waals surface area contributed by atoms with Crippen molar-refractivity contribution < 1.29 is 24.2 Å². The van der Waals surface area contributed by atoms with Gasteiger partial charge in [-0.3, -0.25) is 9.59 Å². The molecule has 1 fully saturated rings. The van der Waals surface area contributed by atoms with E-state index in [2.05, 4.69) is 6.58 Å². The fourth-order valence-corrected chi connectivity index (χ4v) is 4.23. The van der Waals surface area contributed by atoms with Crippen LogP contribution in [-0.4, -0.2) is 46.5 Å². The van der Waals surface area contributed by atoms with Crippen LogP contribution in [0, 0.1) is 5.92 Å². The molecule has 3 N–H and O–H groups in total. The summed E-state index contributed by atoms with van der Waals surface area (Å²) in [7, 11) is 0. The zero-order chi connectivity index (χ0) is 18.3. The number of hydrogen-bond acceptors (Lipinski definition) is 6. The standard InChI is InChI=1S/C17H18N2O5S/c1-3-6-24-17(23)14-9(11-4-5-12(25-11)15(18)21)7-10-13(8(2)20)16(22)19(10)14/h3-5,8,10,13,20H,1,6-7H2,2H3,(H2,18,21)/t8-,10-,13-/m1/s1. The average Bonchev–Trinajstić information content (AvgIpc) is 3.14. The van der Waals surface area contributed by atoms with Gasteiger partial charge in [0.05, 0.1) is 22.9 Å². The Bertz CT molecular complexity index is 795. The number of carbonyl (C=O) groups excluding carboxylic acids is 3. The van der Waals surface area contributed by atoms with Crippen LogP contribution < -0.4 is 5.73 Å². The van der Waals surface area contributed by atoms with Crippen LogP contribution in [-0.2, 0) is 14.3 Å². The SMILES string of the molecule is C=CCOC(=O)C1=C(c2ccc(C(N)=O)s2)C[C@@H]2[C@@H]([C@@H](C)O)C(=O)N12. The molecular formula is C17H18N2O5S. The summed E-state index contributed by atoms with van der Waals surface area (Å²) in [5.74, 6) is -2.02. The summed E-state index contributed by atoms with van der Waals surface area (Å²) in [6.45, 7) is 5.09. The molecule has 3 heterocycles. The van der Waals surface area contributed by atoms with Gasteiger partial charge in [0.25, 0.3) is 5.91 Å². The van der Waals surface area contributed by atoms with Gasteiger partial charge in [0.2, 0.25) is 5.91 Å². The summed E-state index contributed by atoms with van der Waals surface area (Å²) in [4.78, 5) is 38.6. The summed E-state index contributed by atoms with van der Waals surface area (Å²) in [5.41, 5.74) is 6.10. The van der Waals surface area contributed by atoms with E-state index in [0.29, 0.717) is 21.7 Å². The molecule has 3 atom stereocenters. The number of ether oxygens (including phenoxy) is 1. The van der Waals surface area contributed by atoms with Crippen molar-refractivity contribution in [3.05, 3.63) is 40.2 Å². The highest BCUT2D eigenvalue weighted by atomic mass is 32.1. The van der Waals surface area contributed by atoms with Crippen molar-refractivity contribution in [2.24, 2.45) is 11.7 Å². The number of primary amides is 1. The molecule has 0 aromatic carbocycles. The van der Waals surface area contributed by atoms with Crippen LogP contribution in [0.1, 0.15) is 27.9 Å². The van der Waals surface area contributed by atoms with Crippen LogP contribution in [0.5, 0.6) is 0 Å². The zero-order valence-corrected chi connectivity index (χ0v) is 14.4. The minimum atomic E-state index is -0.803. The van der Waals surface area contributed by atoms with E-state index in [4.69, 9.17) is 10.5 Å². The normalized spacial score (nSPS) is 23.1. The zero-order valence-electron chi connectivity index (χ0n) is 13.6. The molecule has 7 nitrogen and oxygen atoms in total. The highest BCUT2D eigenvalue weighted by Gasteiger charge is 2.57. The van der Waals surface area contributed by atoms with Gasteiger partial charge >= 0.3 is 5.97 Å². The molecule has 3 rings (SSSR count). The first-order chi connectivity index (χ1) is 11.9. The first-order valence-corrected chi connectivity index (χ1v) is 8.60. The predicted octanol–water partition coefficient (Wildman–Crippen LogP) is 0.899. The maximum Gasteiger partial charge on any atom is 0.355 e. The van der Waals surface area contributed by atoms with Gasteiger partial charge in [-0.05, 0) is 25.5 Å². The second kappa shape index (κ2) is 6.45. The average molecular weight is 362 g/mol. The van der Waals surface area contributed by atoms with Crippen LogP contribution >= 0.6 is 11.3 Å². The summed E-state index contributed by atoms with van der Waals surface area (Å²) < 4.78 is 5.12. The van der Waals surface area contributed by atoms with E-state index < -0.39 is 23.9 Å². The Morgan fingerprint density at radius 3 is 2.84 bits per heavy atom. The van der Waals surface area contributed by atoms with Crippen molar-refractivity contribution in [2.45, 2.75) is 25.5 Å². The monoisotopic (exact) mass is 362 g/mol. The highest BCUT2D eigenvalue weighted by Crippen LogP contribution is 2.48. The molecule has 8 heteroatoms. The van der Waals surface area contributed by atoms with Crippen molar-refractivity contribution >= 4 is 34.7 Å². The number of thiophene rings is 1. The number of amides is 2.